The van der Waals surface area contributed by atoms with Gasteiger partial charge < -0.3 is 14.9 Å². The van der Waals surface area contributed by atoms with Crippen molar-refractivity contribution in [2.75, 3.05) is 31.6 Å². The van der Waals surface area contributed by atoms with Crippen LogP contribution in [0.5, 0.6) is 0 Å². The van der Waals surface area contributed by atoms with E-state index in [9.17, 15) is 9.50 Å². The van der Waals surface area contributed by atoms with Crippen LogP contribution in [0.1, 0.15) is 38.4 Å². The van der Waals surface area contributed by atoms with E-state index in [1.54, 1.807) is 6.92 Å². The molecule has 1 unspecified atom stereocenters. The van der Waals surface area contributed by atoms with Gasteiger partial charge in [0.05, 0.1) is 11.8 Å². The lowest BCUT2D eigenvalue weighted by molar-refractivity contribution is 0.199. The lowest BCUT2D eigenvalue weighted by Crippen LogP contribution is -2.40. The number of hydrogen-bond donors (Lipinski definition) is 1. The molecule has 1 aliphatic rings. The number of hydrogen-bond acceptors (Lipinski definition) is 3. The highest BCUT2D eigenvalue weighted by molar-refractivity contribution is 5.50. The van der Waals surface area contributed by atoms with Crippen molar-refractivity contribution >= 4 is 5.69 Å². The van der Waals surface area contributed by atoms with Crippen molar-refractivity contribution in [3.8, 4) is 0 Å². The molecule has 1 fully saturated rings. The van der Waals surface area contributed by atoms with Gasteiger partial charge in [-0.15, -0.1) is 0 Å². The van der Waals surface area contributed by atoms with E-state index in [0.717, 1.165) is 32.5 Å². The first kappa shape index (κ1) is 15.3. The molecule has 1 aromatic rings. The zero-order valence-electron chi connectivity index (χ0n) is 12.6. The molecule has 0 saturated carbocycles. The predicted molar refractivity (Wildman–Crippen MR) is 80.6 cm³/mol. The molecule has 112 valence electrons. The summed E-state index contributed by atoms with van der Waals surface area (Å²) < 4.78 is 14.4. The third-order valence-corrected chi connectivity index (χ3v) is 4.14. The Balaban J connectivity index is 2.28. The SMILES string of the molecule is CCC1CN(C)CCCN1c1ccc([C@H](C)O)cc1F. The van der Waals surface area contributed by atoms with Crippen LogP contribution in [0.4, 0.5) is 10.1 Å². The van der Waals surface area contributed by atoms with E-state index in [1.165, 1.54) is 6.07 Å². The van der Waals surface area contributed by atoms with Crippen molar-refractivity contribution in [2.45, 2.75) is 38.8 Å². The maximum atomic E-state index is 14.4. The first-order valence-electron chi connectivity index (χ1n) is 7.45. The molecule has 1 heterocycles. The van der Waals surface area contributed by atoms with Crippen molar-refractivity contribution in [2.24, 2.45) is 0 Å². The van der Waals surface area contributed by atoms with Crippen molar-refractivity contribution in [3.05, 3.63) is 29.6 Å². The normalized spacial score (nSPS) is 22.6. The smallest absolute Gasteiger partial charge is 0.146 e. The second-order valence-corrected chi connectivity index (χ2v) is 5.76. The molecule has 1 saturated heterocycles. The quantitative estimate of drug-likeness (QED) is 0.922. The lowest BCUT2D eigenvalue weighted by atomic mass is 10.1. The van der Waals surface area contributed by atoms with Crippen molar-refractivity contribution in [1.29, 1.82) is 0 Å². The van der Waals surface area contributed by atoms with Gasteiger partial charge in [-0.05, 0) is 51.1 Å². The first-order valence-corrected chi connectivity index (χ1v) is 7.45. The van der Waals surface area contributed by atoms with E-state index in [-0.39, 0.29) is 5.82 Å². The molecule has 0 aliphatic carbocycles. The Morgan fingerprint density at radius 2 is 2.15 bits per heavy atom. The molecule has 0 amide bonds. The summed E-state index contributed by atoms with van der Waals surface area (Å²) >= 11 is 0. The minimum absolute atomic E-state index is 0.230. The minimum Gasteiger partial charge on any atom is -0.389 e. The van der Waals surface area contributed by atoms with Gasteiger partial charge in [-0.2, -0.15) is 0 Å². The molecular formula is C16H25FN2O. The van der Waals surface area contributed by atoms with E-state index in [1.807, 2.05) is 12.1 Å². The van der Waals surface area contributed by atoms with Gasteiger partial charge in [0.25, 0.3) is 0 Å². The Morgan fingerprint density at radius 3 is 2.75 bits per heavy atom. The Kier molecular flexibility index (Phi) is 5.00. The Morgan fingerprint density at radius 1 is 1.40 bits per heavy atom. The van der Waals surface area contributed by atoms with Gasteiger partial charge in [-0.1, -0.05) is 13.0 Å². The summed E-state index contributed by atoms with van der Waals surface area (Å²) in [6.07, 6.45) is 1.42. The number of nitrogens with zero attached hydrogens (tertiary/aromatic N) is 2. The molecule has 2 atom stereocenters. The van der Waals surface area contributed by atoms with Gasteiger partial charge in [0.15, 0.2) is 0 Å². The van der Waals surface area contributed by atoms with Crippen LogP contribution in [0, 0.1) is 5.82 Å². The number of benzene rings is 1. The van der Waals surface area contributed by atoms with Crippen LogP contribution in [0.25, 0.3) is 0 Å². The zero-order valence-corrected chi connectivity index (χ0v) is 12.6. The fourth-order valence-electron chi connectivity index (χ4n) is 2.93. The highest BCUT2D eigenvalue weighted by Gasteiger charge is 2.24. The molecular weight excluding hydrogens is 255 g/mol. The third kappa shape index (κ3) is 3.30. The number of anilines is 1. The van der Waals surface area contributed by atoms with E-state index >= 15 is 0 Å². The summed E-state index contributed by atoms with van der Waals surface area (Å²) in [6.45, 7) is 6.71. The van der Waals surface area contributed by atoms with E-state index in [2.05, 4.69) is 23.8 Å². The first-order chi connectivity index (χ1) is 9.52. The van der Waals surface area contributed by atoms with Crippen molar-refractivity contribution in [3.63, 3.8) is 0 Å². The van der Waals surface area contributed by atoms with Crippen LogP contribution >= 0.6 is 0 Å². The predicted octanol–water partition coefficient (Wildman–Crippen LogP) is 2.80. The van der Waals surface area contributed by atoms with Crippen LogP contribution in [0.15, 0.2) is 18.2 Å². The molecule has 0 spiro atoms. The Labute approximate surface area is 121 Å². The topological polar surface area (TPSA) is 26.7 Å². The molecule has 0 aromatic heterocycles. The molecule has 1 N–H and O–H groups in total. The van der Waals surface area contributed by atoms with Crippen LogP contribution < -0.4 is 4.90 Å². The van der Waals surface area contributed by atoms with E-state index < -0.39 is 6.10 Å². The zero-order chi connectivity index (χ0) is 14.7. The largest absolute Gasteiger partial charge is 0.389 e. The van der Waals surface area contributed by atoms with Gasteiger partial charge in [-0.3, -0.25) is 0 Å². The van der Waals surface area contributed by atoms with Crippen LogP contribution in [-0.4, -0.2) is 42.7 Å². The Bertz CT molecular complexity index is 450. The second kappa shape index (κ2) is 6.55. The molecule has 0 bridgehead atoms. The fourth-order valence-corrected chi connectivity index (χ4v) is 2.93. The lowest BCUT2D eigenvalue weighted by Gasteiger charge is -2.32. The number of aliphatic hydroxyl groups excluding tert-OH is 1. The summed E-state index contributed by atoms with van der Waals surface area (Å²) in [5, 5.41) is 9.54. The minimum atomic E-state index is -0.629. The summed E-state index contributed by atoms with van der Waals surface area (Å²) in [5.74, 6) is -0.230. The van der Waals surface area contributed by atoms with Gasteiger partial charge in [0, 0.05) is 19.1 Å². The third-order valence-electron chi connectivity index (χ3n) is 4.14. The summed E-state index contributed by atoms with van der Waals surface area (Å²) in [5.41, 5.74) is 1.29. The number of rotatable bonds is 3. The average Bonchev–Trinajstić information content (AvgIpc) is 2.60. The molecule has 2 rings (SSSR count). The molecule has 1 aromatic carbocycles. The molecule has 3 nitrogen and oxygen atoms in total. The van der Waals surface area contributed by atoms with Gasteiger partial charge in [0.1, 0.15) is 5.82 Å². The van der Waals surface area contributed by atoms with Gasteiger partial charge in [-0.25, -0.2) is 4.39 Å². The maximum Gasteiger partial charge on any atom is 0.146 e. The van der Waals surface area contributed by atoms with Crippen LogP contribution in [-0.2, 0) is 0 Å². The number of likely N-dealkylation sites (N-methyl/N-ethyl adjacent to an activating group) is 1. The van der Waals surface area contributed by atoms with Crippen LogP contribution in [0.3, 0.4) is 0 Å². The highest BCUT2D eigenvalue weighted by Crippen LogP contribution is 2.27. The summed E-state index contributed by atoms with van der Waals surface area (Å²) in [7, 11) is 2.12. The maximum absolute atomic E-state index is 14.4. The fraction of sp³-hybridized carbons (Fsp3) is 0.625. The van der Waals surface area contributed by atoms with Gasteiger partial charge in [0.2, 0.25) is 0 Å². The Hall–Kier alpha value is -1.13. The number of aliphatic hydroxyl groups is 1. The standard InChI is InChI=1S/C16H25FN2O/c1-4-14-11-18(3)8-5-9-19(14)16-7-6-13(12(2)20)10-15(16)17/h6-7,10,12,14,20H,4-5,8-9,11H2,1-3H3/t12-,14?/m0/s1. The molecule has 0 radical (unpaired) electrons. The van der Waals surface area contributed by atoms with E-state index in [4.69, 9.17) is 0 Å². The molecule has 1 aliphatic heterocycles. The summed E-state index contributed by atoms with van der Waals surface area (Å²) in [6, 6.07) is 5.44. The molecule has 20 heavy (non-hydrogen) atoms. The number of halogens is 1. The molecule has 4 heteroatoms. The van der Waals surface area contributed by atoms with Crippen molar-refractivity contribution in [1.82, 2.24) is 4.90 Å². The van der Waals surface area contributed by atoms with E-state index in [0.29, 0.717) is 17.3 Å². The average molecular weight is 280 g/mol. The second-order valence-electron chi connectivity index (χ2n) is 5.76. The summed E-state index contributed by atoms with van der Waals surface area (Å²) in [4.78, 5) is 4.50. The van der Waals surface area contributed by atoms with Gasteiger partial charge >= 0.3 is 0 Å². The van der Waals surface area contributed by atoms with Crippen LogP contribution in [0.2, 0.25) is 0 Å². The highest BCUT2D eigenvalue weighted by atomic mass is 19.1. The monoisotopic (exact) mass is 280 g/mol. The van der Waals surface area contributed by atoms with Crippen molar-refractivity contribution < 1.29 is 9.50 Å².